The van der Waals surface area contributed by atoms with E-state index in [4.69, 9.17) is 4.42 Å². The number of hydrogen-bond acceptors (Lipinski definition) is 7. The molecule has 0 aliphatic heterocycles. The largest absolute Gasteiger partial charge is 0.460 e. The molecule has 0 saturated heterocycles. The summed E-state index contributed by atoms with van der Waals surface area (Å²) < 4.78 is 7.80. The van der Waals surface area contributed by atoms with Crippen molar-refractivity contribution >= 4 is 43.9 Å². The Hall–Kier alpha value is -3.74. The van der Waals surface area contributed by atoms with Crippen LogP contribution in [0.5, 0.6) is 0 Å². The van der Waals surface area contributed by atoms with Crippen LogP contribution in [0.25, 0.3) is 36.8 Å². The predicted octanol–water partition coefficient (Wildman–Crippen LogP) is 4.43. The van der Waals surface area contributed by atoms with Gasteiger partial charge in [-0.1, -0.05) is 36.3 Å². The standard InChI is InChI=1S/C24H17N3O4S2/c1-3-4-5-9-16-20(15-12-32-21-18(28)11-13(2)31-19(15)21)33-24(25-16)27-17-10-7-6-8-14(17)22(29)26-23(27)30/h6-8,10-12H,3-4H2,1-2H3,(H,26,29,30). The van der Waals surface area contributed by atoms with Gasteiger partial charge in [-0.15, -0.1) is 11.3 Å². The number of nitrogens with one attached hydrogen (secondary N) is 1. The van der Waals surface area contributed by atoms with Crippen molar-refractivity contribution in [3.05, 3.63) is 78.2 Å². The maximum atomic E-state index is 12.8. The first-order valence-electron chi connectivity index (χ1n) is 10.2. The number of fused-ring (bicyclic) bond motifs is 2. The molecule has 0 saturated carbocycles. The maximum Gasteiger partial charge on any atom is 0.335 e. The van der Waals surface area contributed by atoms with Crippen LogP contribution in [0.2, 0.25) is 0 Å². The third-order valence-corrected chi connectivity index (χ3v) is 7.06. The Labute approximate surface area is 195 Å². The number of aromatic amines is 1. The molecule has 33 heavy (non-hydrogen) atoms. The molecule has 0 bridgehead atoms. The first-order valence-corrected chi connectivity index (χ1v) is 11.9. The van der Waals surface area contributed by atoms with Crippen LogP contribution < -0.4 is 16.7 Å². The molecule has 0 spiro atoms. The fourth-order valence-electron chi connectivity index (χ4n) is 3.54. The van der Waals surface area contributed by atoms with E-state index in [1.807, 2.05) is 12.3 Å². The highest BCUT2D eigenvalue weighted by molar-refractivity contribution is 7.20. The molecule has 5 aromatic rings. The van der Waals surface area contributed by atoms with E-state index in [0.717, 1.165) is 6.42 Å². The van der Waals surface area contributed by atoms with Crippen LogP contribution in [0, 0.1) is 18.8 Å². The second-order valence-corrected chi connectivity index (χ2v) is 9.22. The summed E-state index contributed by atoms with van der Waals surface area (Å²) in [6, 6.07) is 8.33. The van der Waals surface area contributed by atoms with Crippen LogP contribution in [-0.4, -0.2) is 14.5 Å². The molecule has 5 rings (SSSR count). The number of benzene rings is 1. The van der Waals surface area contributed by atoms with E-state index in [1.54, 1.807) is 31.2 Å². The van der Waals surface area contributed by atoms with Gasteiger partial charge >= 0.3 is 5.69 Å². The number of para-hydroxylation sites is 1. The quantitative estimate of drug-likeness (QED) is 0.389. The van der Waals surface area contributed by atoms with Crippen molar-refractivity contribution in [2.45, 2.75) is 26.7 Å². The number of H-pyrrole nitrogens is 1. The minimum absolute atomic E-state index is 0.101. The van der Waals surface area contributed by atoms with E-state index in [0.29, 0.717) is 54.6 Å². The van der Waals surface area contributed by atoms with Gasteiger partial charge in [0.1, 0.15) is 16.2 Å². The zero-order chi connectivity index (χ0) is 23.1. The number of unbranched alkanes of at least 4 members (excludes halogenated alkanes) is 1. The number of rotatable bonds is 3. The summed E-state index contributed by atoms with van der Waals surface area (Å²) >= 11 is 2.56. The lowest BCUT2D eigenvalue weighted by molar-refractivity contribution is 0.567. The first-order chi connectivity index (χ1) is 16.0. The number of hydrogen-bond donors (Lipinski definition) is 1. The van der Waals surface area contributed by atoms with Gasteiger partial charge in [0.25, 0.3) is 5.56 Å². The molecule has 1 N–H and O–H groups in total. The Kier molecular flexibility index (Phi) is 5.32. The summed E-state index contributed by atoms with van der Waals surface area (Å²) in [7, 11) is 0. The molecule has 0 aliphatic carbocycles. The van der Waals surface area contributed by atoms with E-state index >= 15 is 0 Å². The minimum atomic E-state index is -0.579. The van der Waals surface area contributed by atoms with Crippen LogP contribution in [0.3, 0.4) is 0 Å². The zero-order valence-electron chi connectivity index (χ0n) is 17.7. The molecule has 9 heteroatoms. The Morgan fingerprint density at radius 3 is 2.85 bits per heavy atom. The second-order valence-electron chi connectivity index (χ2n) is 7.37. The first kappa shape index (κ1) is 21.1. The highest BCUT2D eigenvalue weighted by Gasteiger charge is 2.21. The van der Waals surface area contributed by atoms with E-state index in [9.17, 15) is 14.4 Å². The van der Waals surface area contributed by atoms with Crippen LogP contribution in [0.15, 0.2) is 54.5 Å². The molecule has 4 aromatic heterocycles. The number of aryl methyl sites for hydroxylation is 1. The molecular formula is C24H17N3O4S2. The smallest absolute Gasteiger partial charge is 0.335 e. The molecule has 0 radical (unpaired) electrons. The van der Waals surface area contributed by atoms with Gasteiger partial charge in [0.05, 0.1) is 15.8 Å². The Bertz CT molecular complexity index is 1770. The summed E-state index contributed by atoms with van der Waals surface area (Å²) in [4.78, 5) is 45.2. The fourth-order valence-corrected chi connectivity index (χ4v) is 5.55. The van der Waals surface area contributed by atoms with Crippen molar-refractivity contribution in [2.75, 3.05) is 0 Å². The Morgan fingerprint density at radius 1 is 1.21 bits per heavy atom. The Morgan fingerprint density at radius 2 is 2.03 bits per heavy atom. The number of thiazole rings is 1. The normalized spacial score (nSPS) is 11.1. The summed E-state index contributed by atoms with van der Waals surface area (Å²) in [6.45, 7) is 3.77. The van der Waals surface area contributed by atoms with Gasteiger partial charge in [-0.25, -0.2) is 14.3 Å². The third-order valence-electron chi connectivity index (χ3n) is 5.01. The van der Waals surface area contributed by atoms with Gasteiger partial charge in [0.2, 0.25) is 5.43 Å². The summed E-state index contributed by atoms with van der Waals surface area (Å²) in [5, 5.41) is 2.61. The van der Waals surface area contributed by atoms with Crippen molar-refractivity contribution in [3.63, 3.8) is 0 Å². The number of thiophene rings is 1. The predicted molar refractivity (Wildman–Crippen MR) is 132 cm³/mol. The van der Waals surface area contributed by atoms with Crippen LogP contribution in [0.4, 0.5) is 0 Å². The maximum absolute atomic E-state index is 12.8. The lowest BCUT2D eigenvalue weighted by Crippen LogP contribution is -2.29. The van der Waals surface area contributed by atoms with Gasteiger partial charge in [0, 0.05) is 23.4 Å². The lowest BCUT2D eigenvalue weighted by atomic mass is 10.2. The van der Waals surface area contributed by atoms with Gasteiger partial charge in [-0.05, 0) is 31.4 Å². The van der Waals surface area contributed by atoms with Crippen LogP contribution >= 0.6 is 22.7 Å². The van der Waals surface area contributed by atoms with Gasteiger partial charge < -0.3 is 4.42 Å². The molecule has 164 valence electrons. The van der Waals surface area contributed by atoms with Crippen molar-refractivity contribution in [1.29, 1.82) is 0 Å². The average molecular weight is 476 g/mol. The van der Waals surface area contributed by atoms with E-state index < -0.39 is 11.2 Å². The molecule has 0 unspecified atom stereocenters. The average Bonchev–Trinajstić information content (AvgIpc) is 3.38. The topological polar surface area (TPSA) is 98.0 Å². The lowest BCUT2D eigenvalue weighted by Gasteiger charge is -2.05. The van der Waals surface area contributed by atoms with Crippen molar-refractivity contribution < 1.29 is 4.42 Å². The highest BCUT2D eigenvalue weighted by Crippen LogP contribution is 2.39. The van der Waals surface area contributed by atoms with Gasteiger partial charge in [0.15, 0.2) is 10.7 Å². The molecule has 0 amide bonds. The molecule has 4 heterocycles. The van der Waals surface area contributed by atoms with Crippen molar-refractivity contribution in [2.24, 2.45) is 0 Å². The Balaban J connectivity index is 1.81. The number of aromatic nitrogens is 3. The monoisotopic (exact) mass is 475 g/mol. The van der Waals surface area contributed by atoms with Crippen molar-refractivity contribution in [3.8, 4) is 27.4 Å². The molecule has 0 aliphatic rings. The zero-order valence-corrected chi connectivity index (χ0v) is 19.4. The summed E-state index contributed by atoms with van der Waals surface area (Å²) in [6.07, 6.45) is 1.60. The fraction of sp³-hybridized carbons (Fsp3) is 0.167. The van der Waals surface area contributed by atoms with Gasteiger partial charge in [-0.2, -0.15) is 0 Å². The van der Waals surface area contributed by atoms with E-state index in [2.05, 4.69) is 21.8 Å². The molecular weight excluding hydrogens is 458 g/mol. The van der Waals surface area contributed by atoms with Crippen LogP contribution in [0.1, 0.15) is 31.2 Å². The van der Waals surface area contributed by atoms with Gasteiger partial charge in [-0.3, -0.25) is 14.6 Å². The number of nitrogens with zero attached hydrogens (tertiary/aromatic N) is 2. The molecule has 0 atom stereocenters. The SMILES string of the molecule is CCCC#Cc1nc(-n2c(=O)[nH]c(=O)c3ccccc32)sc1-c1csc2c(=O)cc(C)oc12. The summed E-state index contributed by atoms with van der Waals surface area (Å²) in [5.74, 6) is 6.73. The molecule has 0 fully saturated rings. The summed E-state index contributed by atoms with van der Waals surface area (Å²) in [5.41, 5.74) is 1.01. The molecule has 1 aromatic carbocycles. The van der Waals surface area contributed by atoms with Crippen LogP contribution in [-0.2, 0) is 0 Å². The minimum Gasteiger partial charge on any atom is -0.460 e. The third kappa shape index (κ3) is 3.63. The molecule has 7 nitrogen and oxygen atoms in total. The second kappa shape index (κ2) is 8.31. The highest BCUT2D eigenvalue weighted by atomic mass is 32.1. The van der Waals surface area contributed by atoms with Crippen molar-refractivity contribution in [1.82, 2.24) is 14.5 Å². The van der Waals surface area contributed by atoms with E-state index in [1.165, 1.54) is 33.3 Å². The van der Waals surface area contributed by atoms with E-state index in [-0.39, 0.29) is 5.43 Å².